The Hall–Kier alpha value is -1.88. The lowest BCUT2D eigenvalue weighted by Gasteiger charge is -2.06. The zero-order valence-electron chi connectivity index (χ0n) is 10.8. The molecule has 3 rings (SSSR count). The summed E-state index contributed by atoms with van der Waals surface area (Å²) in [6, 6.07) is 6.30. The summed E-state index contributed by atoms with van der Waals surface area (Å²) < 4.78 is 0. The number of hydrogen-bond donors (Lipinski definition) is 3. The molecule has 1 aliphatic carbocycles. The molecule has 1 fully saturated rings. The van der Waals surface area contributed by atoms with Gasteiger partial charge in [-0.05, 0) is 37.9 Å². The number of benzene rings is 1. The zero-order chi connectivity index (χ0) is 13.1. The van der Waals surface area contributed by atoms with Crippen molar-refractivity contribution < 1.29 is 4.79 Å². The van der Waals surface area contributed by atoms with Crippen LogP contribution in [0.3, 0.4) is 0 Å². The van der Waals surface area contributed by atoms with E-state index in [1.54, 1.807) is 6.20 Å². The first-order valence-electron chi connectivity index (χ1n) is 6.77. The highest BCUT2D eigenvalue weighted by molar-refractivity contribution is 5.97. The number of carbonyl (C=O) groups excluding carboxylic acids is 1. The number of amides is 1. The third-order valence-corrected chi connectivity index (χ3v) is 3.35. The van der Waals surface area contributed by atoms with Gasteiger partial charge in [0, 0.05) is 23.5 Å². The molecule has 1 aliphatic rings. The quantitative estimate of drug-likeness (QED) is 0.687. The molecule has 0 unspecified atom stereocenters. The summed E-state index contributed by atoms with van der Waals surface area (Å²) in [5, 5.41) is 14.2. The SMILES string of the molecule is O=C(NCCCNC1CC1)c1ccc2cn[nH]c2c1. The second kappa shape index (κ2) is 5.40. The van der Waals surface area contributed by atoms with Crippen LogP contribution < -0.4 is 10.6 Å². The maximum Gasteiger partial charge on any atom is 0.251 e. The highest BCUT2D eigenvalue weighted by Gasteiger charge is 2.19. The zero-order valence-corrected chi connectivity index (χ0v) is 10.8. The number of fused-ring (bicyclic) bond motifs is 1. The molecular formula is C14H18N4O. The normalized spacial score (nSPS) is 14.7. The van der Waals surface area contributed by atoms with Crippen LogP contribution in [-0.4, -0.2) is 35.2 Å². The van der Waals surface area contributed by atoms with Gasteiger partial charge in [0.2, 0.25) is 0 Å². The van der Waals surface area contributed by atoms with Crippen LogP contribution in [0.5, 0.6) is 0 Å². The lowest BCUT2D eigenvalue weighted by atomic mass is 10.1. The third kappa shape index (κ3) is 3.12. The van der Waals surface area contributed by atoms with Gasteiger partial charge in [-0.25, -0.2) is 0 Å². The first-order chi connectivity index (χ1) is 9.33. The maximum absolute atomic E-state index is 12.0. The molecule has 1 amide bonds. The molecule has 0 spiro atoms. The van der Waals surface area contributed by atoms with Crippen molar-refractivity contribution in [3.05, 3.63) is 30.0 Å². The molecule has 0 radical (unpaired) electrons. The molecule has 0 atom stereocenters. The highest BCUT2D eigenvalue weighted by Crippen LogP contribution is 2.18. The predicted octanol–water partition coefficient (Wildman–Crippen LogP) is 1.43. The number of rotatable bonds is 6. The van der Waals surface area contributed by atoms with Gasteiger partial charge in [-0.15, -0.1) is 0 Å². The average molecular weight is 258 g/mol. The Morgan fingerprint density at radius 3 is 3.11 bits per heavy atom. The lowest BCUT2D eigenvalue weighted by molar-refractivity contribution is 0.0953. The number of H-pyrrole nitrogens is 1. The molecule has 1 heterocycles. The van der Waals surface area contributed by atoms with Gasteiger partial charge in [0.1, 0.15) is 0 Å². The Bertz CT molecular complexity index is 574. The van der Waals surface area contributed by atoms with Crippen molar-refractivity contribution in [2.75, 3.05) is 13.1 Å². The molecule has 0 saturated heterocycles. The molecule has 1 aromatic heterocycles. The third-order valence-electron chi connectivity index (χ3n) is 3.35. The van der Waals surface area contributed by atoms with Crippen molar-refractivity contribution in [2.45, 2.75) is 25.3 Å². The van der Waals surface area contributed by atoms with E-state index in [1.807, 2.05) is 18.2 Å². The van der Waals surface area contributed by atoms with E-state index in [4.69, 9.17) is 0 Å². The largest absolute Gasteiger partial charge is 0.352 e. The maximum atomic E-state index is 12.0. The Morgan fingerprint density at radius 1 is 1.37 bits per heavy atom. The van der Waals surface area contributed by atoms with Gasteiger partial charge in [0.05, 0.1) is 11.7 Å². The molecule has 3 N–H and O–H groups in total. The van der Waals surface area contributed by atoms with Gasteiger partial charge >= 0.3 is 0 Å². The second-order valence-electron chi connectivity index (χ2n) is 5.01. The van der Waals surface area contributed by atoms with Gasteiger partial charge in [-0.3, -0.25) is 9.89 Å². The van der Waals surface area contributed by atoms with Crippen molar-refractivity contribution in [1.29, 1.82) is 0 Å². The van der Waals surface area contributed by atoms with Crippen LogP contribution in [0.1, 0.15) is 29.6 Å². The Kier molecular flexibility index (Phi) is 3.46. The van der Waals surface area contributed by atoms with Crippen molar-refractivity contribution >= 4 is 16.8 Å². The molecule has 5 nitrogen and oxygen atoms in total. The molecule has 1 saturated carbocycles. The van der Waals surface area contributed by atoms with Crippen molar-refractivity contribution in [2.24, 2.45) is 0 Å². The van der Waals surface area contributed by atoms with Crippen LogP contribution in [-0.2, 0) is 0 Å². The van der Waals surface area contributed by atoms with E-state index in [2.05, 4.69) is 20.8 Å². The first-order valence-corrected chi connectivity index (χ1v) is 6.77. The Morgan fingerprint density at radius 2 is 2.26 bits per heavy atom. The molecule has 1 aromatic carbocycles. The minimum absolute atomic E-state index is 0.0251. The fraction of sp³-hybridized carbons (Fsp3) is 0.429. The van der Waals surface area contributed by atoms with Crippen LogP contribution in [0.15, 0.2) is 24.4 Å². The number of nitrogens with zero attached hydrogens (tertiary/aromatic N) is 1. The van der Waals surface area contributed by atoms with Gasteiger partial charge in [0.25, 0.3) is 5.91 Å². The molecule has 0 aliphatic heterocycles. The van der Waals surface area contributed by atoms with E-state index in [1.165, 1.54) is 12.8 Å². The molecule has 5 heteroatoms. The summed E-state index contributed by atoms with van der Waals surface area (Å²) in [5.41, 5.74) is 1.56. The number of aromatic nitrogens is 2. The molecule has 19 heavy (non-hydrogen) atoms. The highest BCUT2D eigenvalue weighted by atomic mass is 16.1. The summed E-state index contributed by atoms with van der Waals surface area (Å²) in [6.45, 7) is 1.68. The molecular weight excluding hydrogens is 240 g/mol. The standard InChI is InChI=1S/C14H18N4O/c19-14(16-7-1-6-15-12-4-5-12)10-2-3-11-9-17-18-13(11)8-10/h2-3,8-9,12,15H,1,4-7H2,(H,16,19)(H,17,18). The molecule has 100 valence electrons. The number of hydrogen-bond acceptors (Lipinski definition) is 3. The van der Waals surface area contributed by atoms with E-state index in [9.17, 15) is 4.79 Å². The van der Waals surface area contributed by atoms with E-state index >= 15 is 0 Å². The lowest BCUT2D eigenvalue weighted by Crippen LogP contribution is -2.27. The van der Waals surface area contributed by atoms with E-state index in [-0.39, 0.29) is 5.91 Å². The summed E-state index contributed by atoms with van der Waals surface area (Å²) in [7, 11) is 0. The van der Waals surface area contributed by atoms with Gasteiger partial charge in [0.15, 0.2) is 0 Å². The van der Waals surface area contributed by atoms with Crippen molar-refractivity contribution in [3.8, 4) is 0 Å². The Balaban J connectivity index is 1.48. The Labute approximate surface area is 111 Å². The van der Waals surface area contributed by atoms with Crippen LogP contribution in [0, 0.1) is 0 Å². The van der Waals surface area contributed by atoms with Crippen molar-refractivity contribution in [3.63, 3.8) is 0 Å². The fourth-order valence-corrected chi connectivity index (χ4v) is 2.06. The number of nitrogens with one attached hydrogen (secondary N) is 3. The first kappa shape index (κ1) is 12.2. The number of aromatic amines is 1. The van der Waals surface area contributed by atoms with Crippen LogP contribution in [0.2, 0.25) is 0 Å². The van der Waals surface area contributed by atoms with Crippen LogP contribution in [0.4, 0.5) is 0 Å². The summed E-state index contributed by atoms with van der Waals surface area (Å²) in [4.78, 5) is 12.0. The minimum atomic E-state index is -0.0251. The van der Waals surface area contributed by atoms with E-state index in [0.717, 1.165) is 29.9 Å². The summed E-state index contributed by atoms with van der Waals surface area (Å²) in [5.74, 6) is -0.0251. The number of carbonyl (C=O) groups is 1. The predicted molar refractivity (Wildman–Crippen MR) is 74.1 cm³/mol. The average Bonchev–Trinajstić information content (AvgIpc) is 3.13. The summed E-state index contributed by atoms with van der Waals surface area (Å²) in [6.07, 6.45) is 5.32. The van der Waals surface area contributed by atoms with E-state index < -0.39 is 0 Å². The van der Waals surface area contributed by atoms with Crippen LogP contribution >= 0.6 is 0 Å². The van der Waals surface area contributed by atoms with Crippen molar-refractivity contribution in [1.82, 2.24) is 20.8 Å². The van der Waals surface area contributed by atoms with E-state index in [0.29, 0.717) is 12.1 Å². The van der Waals surface area contributed by atoms with Gasteiger partial charge < -0.3 is 10.6 Å². The summed E-state index contributed by atoms with van der Waals surface area (Å²) >= 11 is 0. The fourth-order valence-electron chi connectivity index (χ4n) is 2.06. The molecule has 0 bridgehead atoms. The smallest absolute Gasteiger partial charge is 0.251 e. The van der Waals surface area contributed by atoms with Gasteiger partial charge in [-0.1, -0.05) is 6.07 Å². The second-order valence-corrected chi connectivity index (χ2v) is 5.01. The van der Waals surface area contributed by atoms with Gasteiger partial charge in [-0.2, -0.15) is 5.10 Å². The minimum Gasteiger partial charge on any atom is -0.352 e. The molecule has 2 aromatic rings. The monoisotopic (exact) mass is 258 g/mol. The topological polar surface area (TPSA) is 69.8 Å². The van der Waals surface area contributed by atoms with Crippen LogP contribution in [0.25, 0.3) is 10.9 Å².